The van der Waals surface area contributed by atoms with E-state index in [4.69, 9.17) is 39.9 Å². The second-order valence-corrected chi connectivity index (χ2v) is 6.23. The second kappa shape index (κ2) is 7.44. The number of carbonyl (C=O) groups excluding carboxylic acids is 1. The van der Waals surface area contributed by atoms with Crippen LogP contribution in [0.4, 0.5) is 4.79 Å². The van der Waals surface area contributed by atoms with Gasteiger partial charge in [-0.15, -0.1) is 0 Å². The minimum atomic E-state index is -1.62. The van der Waals surface area contributed by atoms with Gasteiger partial charge in [-0.05, 0) is 0 Å². The summed E-state index contributed by atoms with van der Waals surface area (Å²) in [6, 6.07) is 0. The van der Waals surface area contributed by atoms with Crippen LogP contribution in [0.3, 0.4) is 0 Å². The molecule has 0 aromatic heterocycles. The first-order valence-corrected chi connectivity index (χ1v) is 6.21. The number of hydrogen-bond acceptors (Lipinski definition) is 3. The lowest BCUT2D eigenvalue weighted by atomic mass is 10.5. The van der Waals surface area contributed by atoms with Gasteiger partial charge in [-0.25, -0.2) is 4.79 Å². The van der Waals surface area contributed by atoms with Gasteiger partial charge >= 0.3 is 6.09 Å². The predicted molar refractivity (Wildman–Crippen MR) is 63.3 cm³/mol. The number of hydrogen-bond donors (Lipinski definition) is 1. The van der Waals surface area contributed by atoms with E-state index in [9.17, 15) is 9.59 Å². The van der Waals surface area contributed by atoms with E-state index in [0.29, 0.717) is 11.5 Å². The van der Waals surface area contributed by atoms with Crippen LogP contribution >= 0.6 is 46.6 Å². The first-order chi connectivity index (χ1) is 6.87. The molecule has 15 heavy (non-hydrogen) atoms. The summed E-state index contributed by atoms with van der Waals surface area (Å²) in [5.74, 6) is 0.826. The first-order valence-electron chi connectivity index (χ1n) is 3.93. The number of aldehydes is 1. The first kappa shape index (κ1) is 15.2. The Morgan fingerprint density at radius 2 is 2.07 bits per heavy atom. The number of nitrogens with zero attached hydrogens (tertiary/aromatic N) is 1. The highest BCUT2D eigenvalue weighted by Crippen LogP contribution is 2.27. The van der Waals surface area contributed by atoms with Crippen molar-refractivity contribution in [3.05, 3.63) is 0 Å². The second-order valence-electron chi connectivity index (χ2n) is 2.56. The fourth-order valence-electron chi connectivity index (χ4n) is 0.765. The van der Waals surface area contributed by atoms with E-state index in [-0.39, 0.29) is 13.1 Å². The average molecular weight is 295 g/mol. The lowest BCUT2D eigenvalue weighted by Gasteiger charge is -2.22. The third-order valence-electron chi connectivity index (χ3n) is 1.33. The van der Waals surface area contributed by atoms with Gasteiger partial charge in [0.2, 0.25) is 3.79 Å². The van der Waals surface area contributed by atoms with Gasteiger partial charge in [0.05, 0.1) is 6.54 Å². The molecule has 0 aliphatic heterocycles. The number of carbonyl (C=O) groups is 2. The molecule has 0 heterocycles. The molecule has 4 nitrogen and oxygen atoms in total. The molecule has 0 rings (SSSR count). The van der Waals surface area contributed by atoms with E-state index in [1.807, 2.05) is 0 Å². The summed E-state index contributed by atoms with van der Waals surface area (Å²) in [4.78, 5) is 21.7. The van der Waals surface area contributed by atoms with Crippen molar-refractivity contribution in [3.8, 4) is 0 Å². The van der Waals surface area contributed by atoms with Crippen LogP contribution in [0, 0.1) is 0 Å². The zero-order valence-corrected chi connectivity index (χ0v) is 10.7. The van der Waals surface area contributed by atoms with Gasteiger partial charge < -0.3 is 14.8 Å². The maximum atomic E-state index is 10.7. The van der Waals surface area contributed by atoms with Gasteiger partial charge in [0.1, 0.15) is 6.29 Å². The topological polar surface area (TPSA) is 57.6 Å². The van der Waals surface area contributed by atoms with Crippen molar-refractivity contribution in [1.82, 2.24) is 4.90 Å². The zero-order chi connectivity index (χ0) is 11.9. The molecule has 0 aromatic carbocycles. The Hall–Kier alpha value is 0.160. The smallest absolute Gasteiger partial charge is 0.407 e. The Balaban J connectivity index is 3.95. The highest BCUT2D eigenvalue weighted by Gasteiger charge is 2.26. The molecule has 0 aromatic rings. The molecule has 0 saturated carbocycles. The lowest BCUT2D eigenvalue weighted by Crippen LogP contribution is -2.38. The van der Waals surface area contributed by atoms with Crippen LogP contribution in [0.1, 0.15) is 0 Å². The van der Waals surface area contributed by atoms with Crippen LogP contribution in [-0.4, -0.2) is 50.8 Å². The molecule has 0 atom stereocenters. The van der Waals surface area contributed by atoms with Crippen molar-refractivity contribution in [1.29, 1.82) is 0 Å². The van der Waals surface area contributed by atoms with E-state index in [1.165, 1.54) is 11.8 Å². The molecule has 0 spiro atoms. The van der Waals surface area contributed by atoms with Crippen molar-refractivity contribution in [2.75, 3.05) is 24.6 Å². The number of halogens is 3. The summed E-state index contributed by atoms with van der Waals surface area (Å²) in [5.41, 5.74) is 0. The summed E-state index contributed by atoms with van der Waals surface area (Å²) < 4.78 is -1.62. The van der Waals surface area contributed by atoms with Crippen molar-refractivity contribution < 1.29 is 14.7 Å². The predicted octanol–water partition coefficient (Wildman–Crippen LogP) is 2.27. The molecular formula is C7H10Cl3NO3S. The Morgan fingerprint density at radius 3 is 2.47 bits per heavy atom. The number of amides is 1. The van der Waals surface area contributed by atoms with Crippen LogP contribution in [0.2, 0.25) is 0 Å². The average Bonchev–Trinajstić information content (AvgIpc) is 2.08. The summed E-state index contributed by atoms with van der Waals surface area (Å²) in [6.45, 7) is 0.0381. The SMILES string of the molecule is O=CCSCCN(CC(Cl)(Cl)Cl)C(=O)O. The summed E-state index contributed by atoms with van der Waals surface area (Å²) in [5, 5.41) is 8.76. The fraction of sp³-hybridized carbons (Fsp3) is 0.714. The number of carboxylic acid groups (broad SMARTS) is 1. The van der Waals surface area contributed by atoms with Crippen LogP contribution in [-0.2, 0) is 4.79 Å². The maximum Gasteiger partial charge on any atom is 0.407 e. The van der Waals surface area contributed by atoms with Crippen LogP contribution in [0.15, 0.2) is 0 Å². The van der Waals surface area contributed by atoms with Gasteiger partial charge in [0, 0.05) is 18.1 Å². The van der Waals surface area contributed by atoms with Crippen molar-refractivity contribution in [2.24, 2.45) is 0 Å². The Kier molecular flexibility index (Phi) is 7.52. The summed E-state index contributed by atoms with van der Waals surface area (Å²) in [7, 11) is 0. The Morgan fingerprint density at radius 1 is 1.47 bits per heavy atom. The van der Waals surface area contributed by atoms with E-state index < -0.39 is 9.89 Å². The molecule has 0 aliphatic rings. The minimum absolute atomic E-state index is 0.186. The van der Waals surface area contributed by atoms with E-state index in [1.54, 1.807) is 0 Å². The molecule has 0 bridgehead atoms. The van der Waals surface area contributed by atoms with Gasteiger partial charge in [0.25, 0.3) is 0 Å². The third-order valence-corrected chi connectivity index (χ3v) is 2.53. The van der Waals surface area contributed by atoms with Crippen molar-refractivity contribution in [3.63, 3.8) is 0 Å². The van der Waals surface area contributed by atoms with Gasteiger partial charge in [-0.2, -0.15) is 11.8 Å². The quantitative estimate of drug-likeness (QED) is 0.464. The normalized spacial score (nSPS) is 11.1. The zero-order valence-electron chi connectivity index (χ0n) is 7.66. The number of rotatable bonds is 6. The highest BCUT2D eigenvalue weighted by atomic mass is 35.6. The minimum Gasteiger partial charge on any atom is -0.465 e. The fourth-order valence-corrected chi connectivity index (χ4v) is 1.81. The lowest BCUT2D eigenvalue weighted by molar-refractivity contribution is -0.105. The molecule has 8 heteroatoms. The standard InChI is InChI=1S/C7H10Cl3NO3S/c8-7(9,10)5-11(6(13)14)1-3-15-4-2-12/h2H,1,3-5H2,(H,13,14). The van der Waals surface area contributed by atoms with Gasteiger partial charge in [-0.1, -0.05) is 34.8 Å². The van der Waals surface area contributed by atoms with E-state index >= 15 is 0 Å². The largest absolute Gasteiger partial charge is 0.465 e. The number of alkyl halides is 3. The van der Waals surface area contributed by atoms with E-state index in [2.05, 4.69) is 0 Å². The Labute approximate surface area is 107 Å². The van der Waals surface area contributed by atoms with Gasteiger partial charge in [0.15, 0.2) is 0 Å². The molecule has 0 aliphatic carbocycles. The molecule has 0 radical (unpaired) electrons. The Bertz CT molecular complexity index is 222. The van der Waals surface area contributed by atoms with Gasteiger partial charge in [-0.3, -0.25) is 0 Å². The molecule has 0 saturated heterocycles. The van der Waals surface area contributed by atoms with Crippen molar-refractivity contribution in [2.45, 2.75) is 3.79 Å². The molecule has 1 amide bonds. The molecular weight excluding hydrogens is 285 g/mol. The number of thioether (sulfide) groups is 1. The van der Waals surface area contributed by atoms with E-state index in [0.717, 1.165) is 11.2 Å². The summed E-state index contributed by atoms with van der Waals surface area (Å²) >= 11 is 17.7. The van der Waals surface area contributed by atoms with Crippen LogP contribution in [0.25, 0.3) is 0 Å². The van der Waals surface area contributed by atoms with Crippen LogP contribution < -0.4 is 0 Å². The molecule has 88 valence electrons. The van der Waals surface area contributed by atoms with Crippen molar-refractivity contribution >= 4 is 58.9 Å². The third kappa shape index (κ3) is 9.11. The summed E-state index contributed by atoms with van der Waals surface area (Å²) in [6.07, 6.45) is -0.391. The monoisotopic (exact) mass is 293 g/mol. The van der Waals surface area contributed by atoms with Crippen LogP contribution in [0.5, 0.6) is 0 Å². The molecule has 0 unspecified atom stereocenters. The highest BCUT2D eigenvalue weighted by molar-refractivity contribution is 7.99. The maximum absolute atomic E-state index is 10.7. The molecule has 0 fully saturated rings. The molecule has 1 N–H and O–H groups in total.